The number of carbonyl (C=O) groups is 1. The molecule has 0 fully saturated rings. The monoisotopic (exact) mass is 358 g/mol. The first-order valence-corrected chi connectivity index (χ1v) is 6.84. The average molecular weight is 360 g/mol. The Morgan fingerprint density at radius 3 is 2.53 bits per heavy atom. The number of nitrogens with two attached hydrogens (primary N) is 1. The normalized spacial score (nSPS) is 10.3. The van der Waals surface area contributed by atoms with Gasteiger partial charge in [0.15, 0.2) is 0 Å². The molecule has 2 aromatic carbocycles. The fraction of sp³-hybridized carbons (Fsp3) is 0. The van der Waals surface area contributed by atoms with Gasteiger partial charge in [-0.1, -0.05) is 29.3 Å². The van der Waals surface area contributed by atoms with Crippen LogP contribution in [0.3, 0.4) is 0 Å². The van der Waals surface area contributed by atoms with Crippen molar-refractivity contribution >= 4 is 56.4 Å². The number of anilines is 2. The van der Waals surface area contributed by atoms with E-state index < -0.39 is 0 Å². The molecule has 0 spiro atoms. The van der Waals surface area contributed by atoms with Crippen LogP contribution in [-0.4, -0.2) is 5.91 Å². The van der Waals surface area contributed by atoms with Gasteiger partial charge in [0, 0.05) is 10.0 Å². The van der Waals surface area contributed by atoms with Crippen LogP contribution in [0.15, 0.2) is 40.9 Å². The summed E-state index contributed by atoms with van der Waals surface area (Å²) in [5.41, 5.74) is 7.04. The van der Waals surface area contributed by atoms with Crippen LogP contribution in [0.4, 0.5) is 11.4 Å². The van der Waals surface area contributed by atoms with E-state index in [9.17, 15) is 4.79 Å². The first kappa shape index (κ1) is 14.2. The van der Waals surface area contributed by atoms with Crippen molar-refractivity contribution in [2.24, 2.45) is 0 Å². The molecule has 0 radical (unpaired) electrons. The molecule has 3 nitrogen and oxygen atoms in total. The topological polar surface area (TPSA) is 55.1 Å². The highest BCUT2D eigenvalue weighted by molar-refractivity contribution is 9.10. The van der Waals surface area contributed by atoms with E-state index in [1.54, 1.807) is 36.4 Å². The van der Waals surface area contributed by atoms with Crippen LogP contribution < -0.4 is 11.1 Å². The Bertz CT molecular complexity index is 626. The number of rotatable bonds is 2. The van der Waals surface area contributed by atoms with Crippen molar-refractivity contribution in [2.75, 3.05) is 11.1 Å². The second-order valence-corrected chi connectivity index (χ2v) is 5.46. The first-order valence-electron chi connectivity index (χ1n) is 5.29. The molecule has 0 aromatic heterocycles. The number of benzene rings is 2. The van der Waals surface area contributed by atoms with Crippen LogP contribution in [0.25, 0.3) is 0 Å². The average Bonchev–Trinajstić information content (AvgIpc) is 2.37. The van der Waals surface area contributed by atoms with Crippen molar-refractivity contribution in [1.82, 2.24) is 0 Å². The van der Waals surface area contributed by atoms with E-state index in [4.69, 9.17) is 28.9 Å². The third kappa shape index (κ3) is 3.21. The summed E-state index contributed by atoms with van der Waals surface area (Å²) in [6.07, 6.45) is 0. The molecule has 19 heavy (non-hydrogen) atoms. The van der Waals surface area contributed by atoms with Gasteiger partial charge in [0.1, 0.15) is 0 Å². The minimum absolute atomic E-state index is 0.308. The van der Waals surface area contributed by atoms with E-state index in [-0.39, 0.29) is 5.91 Å². The van der Waals surface area contributed by atoms with E-state index in [1.807, 2.05) is 0 Å². The molecule has 0 saturated carbocycles. The highest BCUT2D eigenvalue weighted by Crippen LogP contribution is 2.29. The first-order chi connectivity index (χ1) is 8.99. The quantitative estimate of drug-likeness (QED) is 0.770. The standard InChI is InChI=1S/C13H9BrCl2N2O/c14-8-6-7(4-5-9(8)15)13(19)18-12-10(16)2-1-3-11(12)17/h1-6H,17H2,(H,18,19). The van der Waals surface area contributed by atoms with Gasteiger partial charge < -0.3 is 11.1 Å². The SMILES string of the molecule is Nc1cccc(Cl)c1NC(=O)c1ccc(Cl)c(Br)c1. The fourth-order valence-electron chi connectivity index (χ4n) is 1.50. The molecule has 0 atom stereocenters. The number of carbonyl (C=O) groups excluding carboxylic acids is 1. The maximum atomic E-state index is 12.1. The molecule has 0 bridgehead atoms. The second kappa shape index (κ2) is 5.82. The number of hydrogen-bond acceptors (Lipinski definition) is 2. The lowest BCUT2D eigenvalue weighted by Crippen LogP contribution is -2.13. The molecule has 0 saturated heterocycles. The number of halogens is 3. The van der Waals surface area contributed by atoms with Crippen molar-refractivity contribution in [1.29, 1.82) is 0 Å². The molecule has 98 valence electrons. The number of hydrogen-bond donors (Lipinski definition) is 2. The summed E-state index contributed by atoms with van der Waals surface area (Å²) in [5, 5.41) is 3.61. The van der Waals surface area contributed by atoms with Crippen molar-refractivity contribution in [2.45, 2.75) is 0 Å². The van der Waals surface area contributed by atoms with Crippen molar-refractivity contribution < 1.29 is 4.79 Å². The molecular formula is C13H9BrCl2N2O. The van der Waals surface area contributed by atoms with Gasteiger partial charge in [-0.25, -0.2) is 0 Å². The van der Waals surface area contributed by atoms with Gasteiger partial charge in [-0.15, -0.1) is 0 Å². The van der Waals surface area contributed by atoms with E-state index in [0.717, 1.165) is 0 Å². The Kier molecular flexibility index (Phi) is 4.34. The molecule has 3 N–H and O–H groups in total. The van der Waals surface area contributed by atoms with Gasteiger partial charge >= 0.3 is 0 Å². The maximum absolute atomic E-state index is 12.1. The predicted molar refractivity (Wildman–Crippen MR) is 83.0 cm³/mol. The summed E-state index contributed by atoms with van der Waals surface area (Å²) < 4.78 is 0.647. The van der Waals surface area contributed by atoms with E-state index in [2.05, 4.69) is 21.2 Å². The second-order valence-electron chi connectivity index (χ2n) is 3.79. The van der Waals surface area contributed by atoms with Crippen molar-refractivity contribution in [3.05, 3.63) is 56.5 Å². The smallest absolute Gasteiger partial charge is 0.255 e. The lowest BCUT2D eigenvalue weighted by Gasteiger charge is -2.10. The summed E-state index contributed by atoms with van der Waals surface area (Å²) in [5.74, 6) is -0.308. The van der Waals surface area contributed by atoms with Crippen LogP contribution in [-0.2, 0) is 0 Å². The zero-order valence-corrected chi connectivity index (χ0v) is 12.7. The molecule has 0 aliphatic carbocycles. The highest BCUT2D eigenvalue weighted by atomic mass is 79.9. The van der Waals surface area contributed by atoms with Gasteiger partial charge in [-0.2, -0.15) is 0 Å². The third-order valence-electron chi connectivity index (χ3n) is 2.47. The largest absolute Gasteiger partial charge is 0.397 e. The summed E-state index contributed by atoms with van der Waals surface area (Å²) in [6.45, 7) is 0. The lowest BCUT2D eigenvalue weighted by atomic mass is 10.2. The Balaban J connectivity index is 2.28. The minimum Gasteiger partial charge on any atom is -0.397 e. The van der Waals surface area contributed by atoms with Crippen LogP contribution in [0.2, 0.25) is 10.0 Å². The molecule has 0 unspecified atom stereocenters. The molecule has 2 rings (SSSR count). The summed E-state index contributed by atoms with van der Waals surface area (Å²) in [6, 6.07) is 9.92. The highest BCUT2D eigenvalue weighted by Gasteiger charge is 2.12. The maximum Gasteiger partial charge on any atom is 0.255 e. The van der Waals surface area contributed by atoms with E-state index >= 15 is 0 Å². The number of nitrogens with one attached hydrogen (secondary N) is 1. The van der Waals surface area contributed by atoms with Gasteiger partial charge in [0.25, 0.3) is 5.91 Å². The fourth-order valence-corrected chi connectivity index (χ4v) is 2.22. The van der Waals surface area contributed by atoms with Crippen LogP contribution in [0.1, 0.15) is 10.4 Å². The third-order valence-corrected chi connectivity index (χ3v) is 4.00. The van der Waals surface area contributed by atoms with Gasteiger partial charge in [-0.3, -0.25) is 4.79 Å². The Morgan fingerprint density at radius 2 is 1.89 bits per heavy atom. The van der Waals surface area contributed by atoms with Crippen LogP contribution in [0.5, 0.6) is 0 Å². The molecular weight excluding hydrogens is 351 g/mol. The number of nitrogen functional groups attached to an aromatic ring is 1. The Labute approximate surface area is 128 Å². The summed E-state index contributed by atoms with van der Waals surface area (Å²) in [7, 11) is 0. The summed E-state index contributed by atoms with van der Waals surface area (Å²) in [4.78, 5) is 12.1. The van der Waals surface area contributed by atoms with Crippen LogP contribution in [0, 0.1) is 0 Å². The summed E-state index contributed by atoms with van der Waals surface area (Å²) >= 11 is 15.1. The molecule has 0 aliphatic heterocycles. The molecule has 6 heteroatoms. The van der Waals surface area contributed by atoms with Gasteiger partial charge in [-0.05, 0) is 46.3 Å². The van der Waals surface area contributed by atoms with Crippen molar-refractivity contribution in [3.8, 4) is 0 Å². The number of para-hydroxylation sites is 1. The zero-order valence-electron chi connectivity index (χ0n) is 9.58. The van der Waals surface area contributed by atoms with Crippen molar-refractivity contribution in [3.63, 3.8) is 0 Å². The molecule has 0 heterocycles. The Morgan fingerprint density at radius 1 is 1.16 bits per heavy atom. The molecule has 2 aromatic rings. The zero-order chi connectivity index (χ0) is 14.0. The number of amides is 1. The minimum atomic E-state index is -0.308. The van der Waals surface area contributed by atoms with Gasteiger partial charge in [0.2, 0.25) is 0 Å². The van der Waals surface area contributed by atoms with Crippen LogP contribution >= 0.6 is 39.1 Å². The predicted octanol–water partition coefficient (Wildman–Crippen LogP) is 4.59. The Hall–Kier alpha value is -1.23. The van der Waals surface area contributed by atoms with E-state index in [0.29, 0.717) is 31.5 Å². The lowest BCUT2D eigenvalue weighted by molar-refractivity contribution is 0.102. The molecule has 1 amide bonds. The molecule has 0 aliphatic rings. The van der Waals surface area contributed by atoms with Gasteiger partial charge in [0.05, 0.1) is 21.4 Å². The van der Waals surface area contributed by atoms with E-state index in [1.165, 1.54) is 0 Å².